The highest BCUT2D eigenvalue weighted by Gasteiger charge is 2.40. The standard InChI is InChI=1S/C22H25NO2/c1-13(2)14-7-4-9-16-15-8-5-10-17(15)21(23-20(14)16)18-11-6-12-19(25-3)22(18)24/h4-9,11-13,15,17,21,23-24H,10H2,1-3H3. The van der Waals surface area contributed by atoms with Crippen molar-refractivity contribution in [3.8, 4) is 11.5 Å². The zero-order valence-electron chi connectivity index (χ0n) is 15.0. The summed E-state index contributed by atoms with van der Waals surface area (Å²) in [4.78, 5) is 0. The van der Waals surface area contributed by atoms with Crippen molar-refractivity contribution < 1.29 is 9.84 Å². The summed E-state index contributed by atoms with van der Waals surface area (Å²) >= 11 is 0. The number of aromatic hydroxyl groups is 1. The highest BCUT2D eigenvalue weighted by molar-refractivity contribution is 5.66. The lowest BCUT2D eigenvalue weighted by atomic mass is 9.75. The van der Waals surface area contributed by atoms with Gasteiger partial charge in [0, 0.05) is 17.2 Å². The lowest BCUT2D eigenvalue weighted by molar-refractivity contribution is 0.358. The number of phenolic OH excluding ortho intramolecular Hbond substituents is 1. The molecule has 2 N–H and O–H groups in total. The molecule has 2 aromatic carbocycles. The van der Waals surface area contributed by atoms with Gasteiger partial charge in [0.15, 0.2) is 11.5 Å². The minimum atomic E-state index is 0.0718. The lowest BCUT2D eigenvalue weighted by Gasteiger charge is -2.39. The molecule has 1 heterocycles. The van der Waals surface area contributed by atoms with Gasteiger partial charge in [0.25, 0.3) is 0 Å². The van der Waals surface area contributed by atoms with Crippen LogP contribution in [0.4, 0.5) is 5.69 Å². The molecule has 25 heavy (non-hydrogen) atoms. The summed E-state index contributed by atoms with van der Waals surface area (Å²) in [6, 6.07) is 12.5. The monoisotopic (exact) mass is 335 g/mol. The van der Waals surface area contributed by atoms with Gasteiger partial charge in [-0.1, -0.05) is 56.3 Å². The Morgan fingerprint density at radius 1 is 1.12 bits per heavy atom. The Labute approximate surface area is 149 Å². The van der Waals surface area contributed by atoms with E-state index in [1.165, 1.54) is 16.8 Å². The van der Waals surface area contributed by atoms with Crippen LogP contribution in [-0.2, 0) is 0 Å². The zero-order valence-corrected chi connectivity index (χ0v) is 15.0. The van der Waals surface area contributed by atoms with Gasteiger partial charge in [0.1, 0.15) is 0 Å². The second-order valence-electron chi connectivity index (χ2n) is 7.34. The molecule has 0 bridgehead atoms. The van der Waals surface area contributed by atoms with Crippen LogP contribution < -0.4 is 10.1 Å². The summed E-state index contributed by atoms with van der Waals surface area (Å²) in [6.07, 6.45) is 5.63. The molecule has 0 spiro atoms. The van der Waals surface area contributed by atoms with Crippen LogP contribution >= 0.6 is 0 Å². The van der Waals surface area contributed by atoms with Gasteiger partial charge in [0.05, 0.1) is 13.2 Å². The van der Waals surface area contributed by atoms with Crippen LogP contribution in [0.3, 0.4) is 0 Å². The zero-order chi connectivity index (χ0) is 17.6. The molecule has 0 saturated heterocycles. The maximum absolute atomic E-state index is 10.7. The third-order valence-corrected chi connectivity index (χ3v) is 5.64. The van der Waals surface area contributed by atoms with Crippen molar-refractivity contribution in [3.63, 3.8) is 0 Å². The minimum Gasteiger partial charge on any atom is -0.504 e. The molecule has 2 aromatic rings. The first kappa shape index (κ1) is 16.1. The Hall–Kier alpha value is -2.42. The number of benzene rings is 2. The summed E-state index contributed by atoms with van der Waals surface area (Å²) in [5, 5.41) is 14.5. The molecule has 1 aliphatic carbocycles. The predicted octanol–water partition coefficient (Wildman–Crippen LogP) is 5.35. The summed E-state index contributed by atoms with van der Waals surface area (Å²) in [5.74, 6) is 2.03. The van der Waals surface area contributed by atoms with Crippen molar-refractivity contribution in [3.05, 3.63) is 65.2 Å². The van der Waals surface area contributed by atoms with Crippen LogP contribution in [0, 0.1) is 5.92 Å². The molecule has 3 unspecified atom stereocenters. The van der Waals surface area contributed by atoms with E-state index in [1.54, 1.807) is 13.2 Å². The second-order valence-corrected chi connectivity index (χ2v) is 7.34. The van der Waals surface area contributed by atoms with Crippen LogP contribution in [0.2, 0.25) is 0 Å². The highest BCUT2D eigenvalue weighted by atomic mass is 16.5. The number of para-hydroxylation sites is 2. The first-order valence-corrected chi connectivity index (χ1v) is 9.03. The van der Waals surface area contributed by atoms with Crippen LogP contribution in [0.1, 0.15) is 54.8 Å². The Kier molecular flexibility index (Phi) is 3.95. The molecular formula is C22H25NO2. The quantitative estimate of drug-likeness (QED) is 0.743. The van der Waals surface area contributed by atoms with E-state index in [0.29, 0.717) is 23.5 Å². The van der Waals surface area contributed by atoms with Crippen molar-refractivity contribution in [2.24, 2.45) is 5.92 Å². The largest absolute Gasteiger partial charge is 0.504 e. The molecule has 3 atom stereocenters. The number of phenols is 1. The van der Waals surface area contributed by atoms with E-state index in [1.807, 2.05) is 12.1 Å². The van der Waals surface area contributed by atoms with Gasteiger partial charge in [-0.2, -0.15) is 0 Å². The number of anilines is 1. The minimum absolute atomic E-state index is 0.0718. The predicted molar refractivity (Wildman–Crippen MR) is 102 cm³/mol. The third kappa shape index (κ3) is 2.50. The number of ether oxygens (including phenoxy) is 1. The van der Waals surface area contributed by atoms with E-state index < -0.39 is 0 Å². The van der Waals surface area contributed by atoms with Crippen LogP contribution in [0.25, 0.3) is 0 Å². The van der Waals surface area contributed by atoms with Gasteiger partial charge in [-0.05, 0) is 35.4 Å². The normalized spacial score (nSPS) is 23.9. The fourth-order valence-electron chi connectivity index (χ4n) is 4.39. The smallest absolute Gasteiger partial charge is 0.163 e. The van der Waals surface area contributed by atoms with Gasteiger partial charge in [0.2, 0.25) is 0 Å². The van der Waals surface area contributed by atoms with Crippen LogP contribution in [-0.4, -0.2) is 12.2 Å². The van der Waals surface area contributed by atoms with E-state index in [9.17, 15) is 5.11 Å². The summed E-state index contributed by atoms with van der Waals surface area (Å²) < 4.78 is 5.33. The topological polar surface area (TPSA) is 41.5 Å². The Morgan fingerprint density at radius 3 is 2.64 bits per heavy atom. The van der Waals surface area contributed by atoms with Gasteiger partial charge in [-0.25, -0.2) is 0 Å². The number of hydrogen-bond donors (Lipinski definition) is 2. The van der Waals surface area contributed by atoms with Gasteiger partial charge in [-0.3, -0.25) is 0 Å². The second kappa shape index (κ2) is 6.14. The molecule has 0 fully saturated rings. The van der Waals surface area contributed by atoms with Crippen LogP contribution in [0.5, 0.6) is 11.5 Å². The molecule has 0 aromatic heterocycles. The van der Waals surface area contributed by atoms with Gasteiger partial charge >= 0.3 is 0 Å². The van der Waals surface area contributed by atoms with Crippen LogP contribution in [0.15, 0.2) is 48.6 Å². The number of fused-ring (bicyclic) bond motifs is 3. The van der Waals surface area contributed by atoms with E-state index in [4.69, 9.17) is 4.74 Å². The molecular weight excluding hydrogens is 310 g/mol. The van der Waals surface area contributed by atoms with E-state index >= 15 is 0 Å². The summed E-state index contributed by atoms with van der Waals surface area (Å²) in [6.45, 7) is 4.46. The number of hydrogen-bond acceptors (Lipinski definition) is 3. The van der Waals surface area contributed by atoms with Crippen molar-refractivity contribution in [2.45, 2.75) is 38.1 Å². The van der Waals surface area contributed by atoms with Crippen molar-refractivity contribution in [2.75, 3.05) is 12.4 Å². The van der Waals surface area contributed by atoms with Gasteiger partial charge < -0.3 is 15.2 Å². The van der Waals surface area contributed by atoms with Crippen molar-refractivity contribution >= 4 is 5.69 Å². The average Bonchev–Trinajstić information content (AvgIpc) is 3.11. The van der Waals surface area contributed by atoms with Gasteiger partial charge in [-0.15, -0.1) is 0 Å². The molecule has 3 nitrogen and oxygen atoms in total. The number of methoxy groups -OCH3 is 1. The average molecular weight is 335 g/mol. The maximum atomic E-state index is 10.7. The van der Waals surface area contributed by atoms with Crippen molar-refractivity contribution in [1.82, 2.24) is 0 Å². The molecule has 2 aliphatic rings. The number of nitrogens with one attached hydrogen (secondary N) is 1. The third-order valence-electron chi connectivity index (χ3n) is 5.64. The Morgan fingerprint density at radius 2 is 1.88 bits per heavy atom. The molecule has 1 aliphatic heterocycles. The maximum Gasteiger partial charge on any atom is 0.163 e. The summed E-state index contributed by atoms with van der Waals surface area (Å²) in [7, 11) is 1.60. The molecule has 4 rings (SSSR count). The lowest BCUT2D eigenvalue weighted by Crippen LogP contribution is -2.30. The Bertz CT molecular complexity index is 825. The van der Waals surface area contributed by atoms with E-state index in [2.05, 4.69) is 49.5 Å². The fourth-order valence-corrected chi connectivity index (χ4v) is 4.39. The number of allylic oxidation sites excluding steroid dienone is 2. The summed E-state index contributed by atoms with van der Waals surface area (Å²) in [5.41, 5.74) is 4.87. The Balaban J connectivity index is 1.85. The van der Waals surface area contributed by atoms with E-state index in [-0.39, 0.29) is 11.8 Å². The molecule has 3 heteroatoms. The first-order valence-electron chi connectivity index (χ1n) is 9.03. The number of rotatable bonds is 3. The molecule has 130 valence electrons. The highest BCUT2D eigenvalue weighted by Crippen LogP contribution is 2.53. The molecule has 0 saturated carbocycles. The fraction of sp³-hybridized carbons (Fsp3) is 0.364. The molecule has 0 amide bonds. The SMILES string of the molecule is COc1cccc(C2Nc3c(C(C)C)cccc3C3C=CCC32)c1O. The van der Waals surface area contributed by atoms with Crippen molar-refractivity contribution in [1.29, 1.82) is 0 Å². The first-order chi connectivity index (χ1) is 12.1. The molecule has 0 radical (unpaired) electrons. The van der Waals surface area contributed by atoms with E-state index in [0.717, 1.165) is 12.0 Å².